The zero-order valence-electron chi connectivity index (χ0n) is 11.1. The maximum Gasteiger partial charge on any atom is 0.211 e. The molecule has 0 spiro atoms. The molecule has 0 radical (unpaired) electrons. The SMILES string of the molecule is CCCCS(=O)(=O)NCc1ccc2oc(C)nc2c1. The maximum atomic E-state index is 11.7. The number of fused-ring (bicyclic) bond motifs is 1. The Bertz CT molecular complexity index is 662. The Morgan fingerprint density at radius 1 is 1.37 bits per heavy atom. The van der Waals surface area contributed by atoms with Crippen LogP contribution >= 0.6 is 0 Å². The minimum atomic E-state index is -3.18. The topological polar surface area (TPSA) is 72.2 Å². The second kappa shape index (κ2) is 5.71. The Morgan fingerprint density at radius 2 is 2.16 bits per heavy atom. The van der Waals surface area contributed by atoms with Crippen molar-refractivity contribution in [2.24, 2.45) is 0 Å². The highest BCUT2D eigenvalue weighted by molar-refractivity contribution is 7.89. The maximum absolute atomic E-state index is 11.7. The Labute approximate surface area is 113 Å². The van der Waals surface area contributed by atoms with Gasteiger partial charge in [-0.25, -0.2) is 18.1 Å². The molecular formula is C13H18N2O3S. The number of sulfonamides is 1. The fraction of sp³-hybridized carbons (Fsp3) is 0.462. The summed E-state index contributed by atoms with van der Waals surface area (Å²) in [4.78, 5) is 4.22. The first-order valence-corrected chi connectivity index (χ1v) is 7.99. The van der Waals surface area contributed by atoms with Crippen LogP contribution in [0.1, 0.15) is 31.2 Å². The van der Waals surface area contributed by atoms with Crippen LogP contribution in [-0.4, -0.2) is 19.2 Å². The molecule has 0 fully saturated rings. The van der Waals surface area contributed by atoms with Crippen LogP contribution < -0.4 is 4.72 Å². The highest BCUT2D eigenvalue weighted by Crippen LogP contribution is 2.16. The van der Waals surface area contributed by atoms with E-state index in [4.69, 9.17) is 4.42 Å². The van der Waals surface area contributed by atoms with E-state index in [9.17, 15) is 8.42 Å². The summed E-state index contributed by atoms with van der Waals surface area (Å²) in [6.45, 7) is 4.04. The van der Waals surface area contributed by atoms with Gasteiger partial charge in [-0.1, -0.05) is 19.4 Å². The number of nitrogens with zero attached hydrogens (tertiary/aromatic N) is 1. The van der Waals surface area contributed by atoms with Crippen LogP contribution in [0.4, 0.5) is 0 Å². The molecule has 0 aliphatic heterocycles. The normalized spacial score (nSPS) is 12.1. The first-order valence-electron chi connectivity index (χ1n) is 6.33. The van der Waals surface area contributed by atoms with Crippen molar-refractivity contribution < 1.29 is 12.8 Å². The summed E-state index contributed by atoms with van der Waals surface area (Å²) in [5, 5.41) is 0. The minimum Gasteiger partial charge on any atom is -0.441 e. The van der Waals surface area contributed by atoms with E-state index in [1.54, 1.807) is 6.92 Å². The molecule has 104 valence electrons. The number of rotatable bonds is 6. The van der Waals surface area contributed by atoms with Crippen LogP contribution in [-0.2, 0) is 16.6 Å². The van der Waals surface area contributed by atoms with Gasteiger partial charge in [-0.2, -0.15) is 0 Å². The quantitative estimate of drug-likeness (QED) is 0.882. The summed E-state index contributed by atoms with van der Waals surface area (Å²) in [5.74, 6) is 0.783. The van der Waals surface area contributed by atoms with Crippen molar-refractivity contribution >= 4 is 21.1 Å². The van der Waals surface area contributed by atoms with Crippen LogP contribution in [0, 0.1) is 6.92 Å². The van der Waals surface area contributed by atoms with Crippen LogP contribution in [0.15, 0.2) is 22.6 Å². The lowest BCUT2D eigenvalue weighted by Crippen LogP contribution is -2.25. The highest BCUT2D eigenvalue weighted by atomic mass is 32.2. The first-order chi connectivity index (χ1) is 9.00. The van der Waals surface area contributed by atoms with Crippen LogP contribution in [0.5, 0.6) is 0 Å². The zero-order valence-corrected chi connectivity index (χ0v) is 12.0. The molecule has 0 saturated carbocycles. The van der Waals surface area contributed by atoms with E-state index in [-0.39, 0.29) is 12.3 Å². The summed E-state index contributed by atoms with van der Waals surface area (Å²) in [5.41, 5.74) is 2.35. The van der Waals surface area contributed by atoms with Gasteiger partial charge in [0, 0.05) is 13.5 Å². The fourth-order valence-electron chi connectivity index (χ4n) is 1.80. The van der Waals surface area contributed by atoms with Crippen molar-refractivity contribution in [2.75, 3.05) is 5.75 Å². The van der Waals surface area contributed by atoms with Crippen LogP contribution in [0.25, 0.3) is 11.1 Å². The van der Waals surface area contributed by atoms with Crippen molar-refractivity contribution in [1.29, 1.82) is 0 Å². The molecule has 1 aromatic carbocycles. The van der Waals surface area contributed by atoms with Gasteiger partial charge in [-0.3, -0.25) is 0 Å². The van der Waals surface area contributed by atoms with E-state index < -0.39 is 10.0 Å². The number of aromatic nitrogens is 1. The predicted molar refractivity (Wildman–Crippen MR) is 74.3 cm³/mol. The lowest BCUT2D eigenvalue weighted by molar-refractivity contribution is 0.561. The molecule has 1 heterocycles. The Morgan fingerprint density at radius 3 is 2.89 bits per heavy atom. The molecule has 1 N–H and O–H groups in total. The van der Waals surface area contributed by atoms with E-state index in [1.165, 1.54) is 0 Å². The molecule has 2 aromatic rings. The number of oxazole rings is 1. The van der Waals surface area contributed by atoms with Gasteiger partial charge in [0.1, 0.15) is 5.52 Å². The Balaban J connectivity index is 2.05. The van der Waals surface area contributed by atoms with Gasteiger partial charge in [-0.05, 0) is 24.1 Å². The lowest BCUT2D eigenvalue weighted by Gasteiger charge is -2.05. The number of nitrogens with one attached hydrogen (secondary N) is 1. The summed E-state index contributed by atoms with van der Waals surface area (Å²) >= 11 is 0. The second-order valence-electron chi connectivity index (χ2n) is 4.53. The second-order valence-corrected chi connectivity index (χ2v) is 6.45. The van der Waals surface area contributed by atoms with E-state index in [0.29, 0.717) is 12.3 Å². The summed E-state index contributed by atoms with van der Waals surface area (Å²) < 4.78 is 31.3. The molecule has 1 aromatic heterocycles. The monoisotopic (exact) mass is 282 g/mol. The molecule has 0 amide bonds. The molecule has 2 rings (SSSR count). The Kier molecular flexibility index (Phi) is 4.21. The summed E-state index contributed by atoms with van der Waals surface area (Å²) in [6.07, 6.45) is 1.54. The number of aryl methyl sites for hydroxylation is 1. The third-order valence-electron chi connectivity index (χ3n) is 2.82. The van der Waals surface area contributed by atoms with Crippen molar-refractivity contribution in [1.82, 2.24) is 9.71 Å². The van der Waals surface area contributed by atoms with Crippen molar-refractivity contribution in [3.05, 3.63) is 29.7 Å². The Hall–Kier alpha value is -1.40. The van der Waals surface area contributed by atoms with Crippen molar-refractivity contribution in [2.45, 2.75) is 33.2 Å². The largest absolute Gasteiger partial charge is 0.441 e. The van der Waals surface area contributed by atoms with E-state index in [0.717, 1.165) is 23.1 Å². The third kappa shape index (κ3) is 3.78. The van der Waals surface area contributed by atoms with E-state index >= 15 is 0 Å². The summed E-state index contributed by atoms with van der Waals surface area (Å²) in [7, 11) is -3.18. The minimum absolute atomic E-state index is 0.175. The molecule has 0 atom stereocenters. The van der Waals surface area contributed by atoms with Gasteiger partial charge < -0.3 is 4.42 Å². The first kappa shape index (κ1) is 14.0. The molecule has 6 heteroatoms. The molecule has 0 aliphatic rings. The predicted octanol–water partition coefficient (Wildman–Crippen LogP) is 2.36. The van der Waals surface area contributed by atoms with Crippen molar-refractivity contribution in [3.63, 3.8) is 0 Å². The molecule has 0 saturated heterocycles. The van der Waals surface area contributed by atoms with E-state index in [2.05, 4.69) is 9.71 Å². The standard InChI is InChI=1S/C13H18N2O3S/c1-3-4-7-19(16,17)14-9-11-5-6-13-12(8-11)15-10(2)18-13/h5-6,8,14H,3-4,7,9H2,1-2H3. The smallest absolute Gasteiger partial charge is 0.211 e. The van der Waals surface area contributed by atoms with Gasteiger partial charge in [0.05, 0.1) is 5.75 Å². The molecule has 5 nitrogen and oxygen atoms in total. The highest BCUT2D eigenvalue weighted by Gasteiger charge is 2.09. The zero-order chi connectivity index (χ0) is 13.9. The van der Waals surface area contributed by atoms with Crippen LogP contribution in [0.3, 0.4) is 0 Å². The number of hydrogen-bond donors (Lipinski definition) is 1. The molecule has 0 bridgehead atoms. The molecule has 0 unspecified atom stereocenters. The van der Waals surface area contributed by atoms with Gasteiger partial charge >= 0.3 is 0 Å². The molecular weight excluding hydrogens is 264 g/mol. The van der Waals surface area contributed by atoms with Crippen molar-refractivity contribution in [3.8, 4) is 0 Å². The lowest BCUT2D eigenvalue weighted by atomic mass is 10.2. The average Bonchev–Trinajstić information content (AvgIpc) is 2.73. The number of hydrogen-bond acceptors (Lipinski definition) is 4. The van der Waals surface area contributed by atoms with Gasteiger partial charge in [-0.15, -0.1) is 0 Å². The third-order valence-corrected chi connectivity index (χ3v) is 4.23. The van der Waals surface area contributed by atoms with Gasteiger partial charge in [0.15, 0.2) is 11.5 Å². The number of unbranched alkanes of at least 4 members (excludes halogenated alkanes) is 1. The van der Waals surface area contributed by atoms with Gasteiger partial charge in [0.25, 0.3) is 0 Å². The molecule has 19 heavy (non-hydrogen) atoms. The summed E-state index contributed by atoms with van der Waals surface area (Å²) in [6, 6.07) is 5.49. The van der Waals surface area contributed by atoms with E-state index in [1.807, 2.05) is 25.1 Å². The average molecular weight is 282 g/mol. The fourth-order valence-corrected chi connectivity index (χ4v) is 3.00. The van der Waals surface area contributed by atoms with Gasteiger partial charge in [0.2, 0.25) is 10.0 Å². The van der Waals surface area contributed by atoms with Crippen LogP contribution in [0.2, 0.25) is 0 Å². The number of benzene rings is 1. The molecule has 0 aliphatic carbocycles.